The van der Waals surface area contributed by atoms with Crippen LogP contribution in [0.1, 0.15) is 27.2 Å². The van der Waals surface area contributed by atoms with Crippen LogP contribution in [0, 0.1) is 11.8 Å². The van der Waals surface area contributed by atoms with Crippen LogP contribution in [0.15, 0.2) is 0 Å². The fourth-order valence-electron chi connectivity index (χ4n) is 1.52. The molecule has 16 heavy (non-hydrogen) atoms. The topological polar surface area (TPSA) is 100 Å². The van der Waals surface area contributed by atoms with Gasteiger partial charge in [0.2, 0.25) is 0 Å². The van der Waals surface area contributed by atoms with Crippen molar-refractivity contribution in [1.82, 2.24) is 21.7 Å². The zero-order chi connectivity index (χ0) is 12.4. The minimum Gasteiger partial charge on any atom is -0.317 e. The van der Waals surface area contributed by atoms with Gasteiger partial charge in [-0.3, -0.25) is 10.9 Å². The molecule has 0 fully saturated rings. The molecule has 0 amide bonds. The van der Waals surface area contributed by atoms with Crippen molar-refractivity contribution < 1.29 is 0 Å². The zero-order valence-corrected chi connectivity index (χ0v) is 10.7. The summed E-state index contributed by atoms with van der Waals surface area (Å²) in [5, 5.41) is 0. The lowest BCUT2D eigenvalue weighted by atomic mass is 9.94. The van der Waals surface area contributed by atoms with E-state index >= 15 is 0 Å². The molecule has 0 aliphatic carbocycles. The molecule has 0 aliphatic heterocycles. The smallest absolute Gasteiger partial charge is 0.0564 e. The molecule has 2 unspecified atom stereocenters. The van der Waals surface area contributed by atoms with E-state index in [1.165, 1.54) is 0 Å². The Kier molecular flexibility index (Phi) is 9.80. The van der Waals surface area contributed by atoms with E-state index < -0.39 is 0 Å². The zero-order valence-electron chi connectivity index (χ0n) is 10.7. The lowest BCUT2D eigenvalue weighted by Crippen LogP contribution is -2.47. The van der Waals surface area contributed by atoms with E-state index in [1.807, 2.05) is 0 Å². The molecule has 0 rings (SSSR count). The van der Waals surface area contributed by atoms with E-state index in [0.717, 1.165) is 13.0 Å². The Morgan fingerprint density at radius 3 is 2.06 bits per heavy atom. The highest BCUT2D eigenvalue weighted by Crippen LogP contribution is 2.11. The van der Waals surface area contributed by atoms with Gasteiger partial charge in [-0.15, -0.1) is 0 Å². The van der Waals surface area contributed by atoms with Crippen molar-refractivity contribution in [2.45, 2.75) is 33.2 Å². The molecule has 2 atom stereocenters. The lowest BCUT2D eigenvalue weighted by molar-refractivity contribution is 0.288. The summed E-state index contributed by atoms with van der Waals surface area (Å²) >= 11 is 0. The number of hydrogen-bond donors (Lipinski definition) is 6. The molecule has 0 spiro atoms. The molecule has 0 heterocycles. The van der Waals surface area contributed by atoms with Gasteiger partial charge in [0.05, 0.1) is 13.3 Å². The van der Waals surface area contributed by atoms with Gasteiger partial charge in [0.1, 0.15) is 0 Å². The Labute approximate surface area is 98.8 Å². The van der Waals surface area contributed by atoms with Gasteiger partial charge < -0.3 is 11.5 Å². The van der Waals surface area contributed by atoms with Gasteiger partial charge in [0, 0.05) is 12.6 Å². The van der Waals surface area contributed by atoms with Crippen molar-refractivity contribution >= 4 is 0 Å². The van der Waals surface area contributed by atoms with Crippen LogP contribution in [0.3, 0.4) is 0 Å². The van der Waals surface area contributed by atoms with Crippen molar-refractivity contribution in [2.24, 2.45) is 23.3 Å². The first-order valence-corrected chi connectivity index (χ1v) is 5.96. The molecule has 0 bridgehead atoms. The van der Waals surface area contributed by atoms with Crippen LogP contribution >= 0.6 is 0 Å². The summed E-state index contributed by atoms with van der Waals surface area (Å²) in [5.41, 5.74) is 22.9. The number of hydrazine groups is 2. The normalized spacial score (nSPS) is 15.4. The maximum atomic E-state index is 5.40. The van der Waals surface area contributed by atoms with Crippen LogP contribution in [0.25, 0.3) is 0 Å². The van der Waals surface area contributed by atoms with Crippen LogP contribution in [0.4, 0.5) is 0 Å². The van der Waals surface area contributed by atoms with Crippen LogP contribution in [-0.4, -0.2) is 25.9 Å². The van der Waals surface area contributed by atoms with Gasteiger partial charge in [-0.2, -0.15) is 0 Å². The van der Waals surface area contributed by atoms with Gasteiger partial charge >= 0.3 is 0 Å². The summed E-state index contributed by atoms with van der Waals surface area (Å²) in [6.07, 6.45) is 1.09. The molecule has 0 saturated heterocycles. The minimum atomic E-state index is 0.429. The third kappa shape index (κ3) is 7.98. The van der Waals surface area contributed by atoms with Gasteiger partial charge in [0.25, 0.3) is 0 Å². The lowest BCUT2D eigenvalue weighted by Gasteiger charge is -2.25. The first-order chi connectivity index (χ1) is 7.61. The molecule has 98 valence electrons. The highest BCUT2D eigenvalue weighted by Gasteiger charge is 2.15. The van der Waals surface area contributed by atoms with Gasteiger partial charge in [-0.1, -0.05) is 20.8 Å². The van der Waals surface area contributed by atoms with E-state index in [0.29, 0.717) is 31.2 Å². The third-order valence-electron chi connectivity index (χ3n) is 2.53. The Bertz CT molecular complexity index is 152. The molecular weight excluding hydrogens is 204 g/mol. The van der Waals surface area contributed by atoms with E-state index in [9.17, 15) is 0 Å². The molecule has 0 aliphatic rings. The van der Waals surface area contributed by atoms with Crippen LogP contribution in [0.2, 0.25) is 0 Å². The summed E-state index contributed by atoms with van der Waals surface area (Å²) in [7, 11) is 0. The van der Waals surface area contributed by atoms with Crippen molar-refractivity contribution in [3.63, 3.8) is 0 Å². The number of hydrogen-bond acceptors (Lipinski definition) is 6. The second-order valence-corrected chi connectivity index (χ2v) is 4.48. The van der Waals surface area contributed by atoms with Crippen LogP contribution in [0.5, 0.6) is 0 Å². The predicted molar refractivity (Wildman–Crippen MR) is 67.9 cm³/mol. The highest BCUT2D eigenvalue weighted by atomic mass is 15.4. The monoisotopic (exact) mass is 232 g/mol. The van der Waals surface area contributed by atoms with Gasteiger partial charge in [0.15, 0.2) is 0 Å². The molecule has 6 heteroatoms. The summed E-state index contributed by atoms with van der Waals surface area (Å²) in [6, 6.07) is 0.429. The first kappa shape index (κ1) is 15.8. The molecule has 0 saturated carbocycles. The third-order valence-corrected chi connectivity index (χ3v) is 2.53. The summed E-state index contributed by atoms with van der Waals surface area (Å²) in [4.78, 5) is 0. The van der Waals surface area contributed by atoms with Gasteiger partial charge in [-0.25, -0.2) is 10.9 Å². The SMILES string of the molecule is CC(CNNCN)CC(NNCN)C(C)C. The summed E-state index contributed by atoms with van der Waals surface area (Å²) < 4.78 is 0. The Balaban J connectivity index is 3.78. The van der Waals surface area contributed by atoms with E-state index in [-0.39, 0.29) is 0 Å². The van der Waals surface area contributed by atoms with Crippen molar-refractivity contribution in [1.29, 1.82) is 0 Å². The second kappa shape index (κ2) is 9.95. The average Bonchev–Trinajstić information content (AvgIpc) is 2.24. The summed E-state index contributed by atoms with van der Waals surface area (Å²) in [6.45, 7) is 8.43. The van der Waals surface area contributed by atoms with Crippen molar-refractivity contribution in [3.05, 3.63) is 0 Å². The molecular formula is C10H28N6. The fraction of sp³-hybridized carbons (Fsp3) is 1.00. The molecule has 6 nitrogen and oxygen atoms in total. The molecule has 0 aromatic rings. The van der Waals surface area contributed by atoms with Gasteiger partial charge in [-0.05, 0) is 18.3 Å². The first-order valence-electron chi connectivity index (χ1n) is 5.96. The average molecular weight is 232 g/mol. The van der Waals surface area contributed by atoms with Crippen molar-refractivity contribution in [3.8, 4) is 0 Å². The minimum absolute atomic E-state index is 0.429. The highest BCUT2D eigenvalue weighted by molar-refractivity contribution is 4.72. The quantitative estimate of drug-likeness (QED) is 0.165. The summed E-state index contributed by atoms with van der Waals surface area (Å²) in [5.74, 6) is 1.14. The molecule has 0 radical (unpaired) electrons. The van der Waals surface area contributed by atoms with E-state index in [4.69, 9.17) is 11.5 Å². The Morgan fingerprint density at radius 1 is 0.938 bits per heavy atom. The second-order valence-electron chi connectivity index (χ2n) is 4.48. The van der Waals surface area contributed by atoms with Crippen LogP contribution < -0.4 is 33.2 Å². The Hall–Kier alpha value is -0.240. The fourth-order valence-corrected chi connectivity index (χ4v) is 1.52. The maximum absolute atomic E-state index is 5.40. The molecule has 0 aromatic carbocycles. The molecule has 8 N–H and O–H groups in total. The largest absolute Gasteiger partial charge is 0.317 e. The molecule has 0 aromatic heterocycles. The number of nitrogens with one attached hydrogen (secondary N) is 4. The number of rotatable bonds is 10. The predicted octanol–water partition coefficient (Wildman–Crippen LogP) is -0.942. The van der Waals surface area contributed by atoms with E-state index in [2.05, 4.69) is 42.5 Å². The van der Waals surface area contributed by atoms with E-state index in [1.54, 1.807) is 0 Å². The maximum Gasteiger partial charge on any atom is 0.0564 e. The number of nitrogens with two attached hydrogens (primary N) is 2. The Morgan fingerprint density at radius 2 is 1.56 bits per heavy atom. The van der Waals surface area contributed by atoms with Crippen LogP contribution in [-0.2, 0) is 0 Å². The standard InChI is InChI=1S/C10H28N6/c1-8(2)10(16-15-7-12)4-9(3)5-13-14-6-11/h8-10,13-16H,4-7,11-12H2,1-3H3. The van der Waals surface area contributed by atoms with Crippen molar-refractivity contribution in [2.75, 3.05) is 19.9 Å².